The number of ether oxygens (including phenoxy) is 1. The molecule has 1 aromatic carbocycles. The molecule has 6 nitrogen and oxygen atoms in total. The highest BCUT2D eigenvalue weighted by Gasteiger charge is 2.39. The van der Waals surface area contributed by atoms with Crippen LogP contribution in [-0.2, 0) is 11.3 Å². The molecule has 7 heteroatoms. The second-order valence-electron chi connectivity index (χ2n) is 4.96. The Labute approximate surface area is 121 Å². The Morgan fingerprint density at radius 1 is 1.65 bits per heavy atom. The summed E-state index contributed by atoms with van der Waals surface area (Å²) < 4.78 is 5.33. The van der Waals surface area contributed by atoms with Crippen LogP contribution in [0.15, 0.2) is 18.2 Å². The lowest BCUT2D eigenvalue weighted by atomic mass is 9.96. The van der Waals surface area contributed by atoms with Crippen LogP contribution in [0, 0.1) is 10.1 Å². The molecule has 20 heavy (non-hydrogen) atoms. The Kier molecular flexibility index (Phi) is 4.59. The van der Waals surface area contributed by atoms with E-state index in [0.717, 1.165) is 0 Å². The fourth-order valence-corrected chi connectivity index (χ4v) is 2.54. The smallest absolute Gasteiger partial charge is 0.275 e. The normalized spacial score (nSPS) is 25.9. The third-order valence-corrected chi connectivity index (χ3v) is 4.04. The van der Waals surface area contributed by atoms with Gasteiger partial charge in [-0.2, -0.15) is 0 Å². The van der Waals surface area contributed by atoms with Crippen LogP contribution in [0.1, 0.15) is 18.9 Å². The minimum Gasteiger partial charge on any atom is -0.386 e. The number of aliphatic hydroxyl groups is 1. The van der Waals surface area contributed by atoms with E-state index in [4.69, 9.17) is 16.3 Å². The van der Waals surface area contributed by atoms with E-state index in [0.29, 0.717) is 30.2 Å². The van der Waals surface area contributed by atoms with Gasteiger partial charge in [-0.1, -0.05) is 17.7 Å². The number of nitro benzene ring substituents is 1. The largest absolute Gasteiger partial charge is 0.386 e. The van der Waals surface area contributed by atoms with Crippen molar-refractivity contribution in [1.82, 2.24) is 5.32 Å². The summed E-state index contributed by atoms with van der Waals surface area (Å²) in [6, 6.07) is 4.57. The first-order valence-corrected chi connectivity index (χ1v) is 6.78. The topological polar surface area (TPSA) is 84.6 Å². The van der Waals surface area contributed by atoms with Gasteiger partial charge in [-0.25, -0.2) is 0 Å². The number of hydrogen-bond donors (Lipinski definition) is 2. The summed E-state index contributed by atoms with van der Waals surface area (Å²) >= 11 is 6.00. The summed E-state index contributed by atoms with van der Waals surface area (Å²) in [5.74, 6) is 0. The van der Waals surface area contributed by atoms with Crippen molar-refractivity contribution in [3.8, 4) is 0 Å². The molecule has 0 bridgehead atoms. The number of hydrogen-bond acceptors (Lipinski definition) is 5. The number of nitro groups is 1. The van der Waals surface area contributed by atoms with Crippen LogP contribution in [0.25, 0.3) is 0 Å². The molecule has 0 aromatic heterocycles. The third-order valence-electron chi connectivity index (χ3n) is 3.68. The molecule has 1 heterocycles. The molecule has 1 aliphatic heterocycles. The molecule has 1 aliphatic rings. The zero-order valence-electron chi connectivity index (χ0n) is 11.1. The summed E-state index contributed by atoms with van der Waals surface area (Å²) in [6.45, 7) is 2.86. The number of nitrogens with zero attached hydrogens (tertiary/aromatic N) is 1. The Bertz CT molecular complexity index is 511. The van der Waals surface area contributed by atoms with Crippen LogP contribution in [0.3, 0.4) is 0 Å². The zero-order chi connectivity index (χ0) is 14.8. The fraction of sp³-hybridized carbons (Fsp3) is 0.538. The minimum atomic E-state index is -0.934. The molecule has 0 amide bonds. The number of nitrogens with one attached hydrogen (secondary N) is 1. The first-order valence-electron chi connectivity index (χ1n) is 6.40. The molecule has 1 aromatic rings. The maximum absolute atomic E-state index is 11.0. The Balaban J connectivity index is 2.03. The van der Waals surface area contributed by atoms with Crippen molar-refractivity contribution >= 4 is 17.3 Å². The van der Waals surface area contributed by atoms with Gasteiger partial charge in [0, 0.05) is 32.2 Å². The Morgan fingerprint density at radius 3 is 3.00 bits per heavy atom. The second-order valence-corrected chi connectivity index (χ2v) is 5.37. The molecular weight excluding hydrogens is 284 g/mol. The van der Waals surface area contributed by atoms with Gasteiger partial charge < -0.3 is 15.2 Å². The van der Waals surface area contributed by atoms with E-state index in [1.165, 1.54) is 6.07 Å². The van der Waals surface area contributed by atoms with Crippen molar-refractivity contribution in [2.45, 2.75) is 31.6 Å². The lowest BCUT2D eigenvalue weighted by molar-refractivity contribution is -0.385. The van der Waals surface area contributed by atoms with Gasteiger partial charge in [-0.3, -0.25) is 10.1 Å². The van der Waals surface area contributed by atoms with Crippen molar-refractivity contribution in [3.05, 3.63) is 38.9 Å². The third kappa shape index (κ3) is 3.09. The van der Waals surface area contributed by atoms with E-state index in [-0.39, 0.29) is 18.3 Å². The van der Waals surface area contributed by atoms with Gasteiger partial charge in [0.05, 0.1) is 21.6 Å². The monoisotopic (exact) mass is 300 g/mol. The first kappa shape index (κ1) is 15.2. The quantitative estimate of drug-likeness (QED) is 0.640. The molecule has 0 aliphatic carbocycles. The minimum absolute atomic E-state index is 0.0206. The van der Waals surface area contributed by atoms with Gasteiger partial charge in [0.2, 0.25) is 0 Å². The molecule has 2 N–H and O–H groups in total. The van der Waals surface area contributed by atoms with Crippen LogP contribution in [0.2, 0.25) is 5.02 Å². The molecule has 2 atom stereocenters. The summed E-state index contributed by atoms with van der Waals surface area (Å²) in [4.78, 5) is 10.5. The summed E-state index contributed by atoms with van der Waals surface area (Å²) in [6.07, 6.45) is 0.294. The molecule has 2 unspecified atom stereocenters. The van der Waals surface area contributed by atoms with Crippen molar-refractivity contribution < 1.29 is 14.8 Å². The highest BCUT2D eigenvalue weighted by atomic mass is 35.5. The highest BCUT2D eigenvalue weighted by Crippen LogP contribution is 2.27. The average molecular weight is 301 g/mol. The maximum Gasteiger partial charge on any atom is 0.275 e. The predicted octanol–water partition coefficient (Wildman–Crippen LogP) is 1.88. The van der Waals surface area contributed by atoms with E-state index < -0.39 is 10.5 Å². The molecule has 1 saturated heterocycles. The standard InChI is InChI=1S/C13H17ClN2O4/c1-9-13(17,5-6-20-9)8-15-7-10-11(14)3-2-4-12(10)16(18)19/h2-4,9,15,17H,5-8H2,1H3. The summed E-state index contributed by atoms with van der Waals surface area (Å²) in [5, 5.41) is 24.7. The average Bonchev–Trinajstić information content (AvgIpc) is 2.71. The highest BCUT2D eigenvalue weighted by molar-refractivity contribution is 6.31. The zero-order valence-corrected chi connectivity index (χ0v) is 11.9. The first-order chi connectivity index (χ1) is 9.44. The Hall–Kier alpha value is -1.21. The van der Waals surface area contributed by atoms with Crippen molar-refractivity contribution in [2.24, 2.45) is 0 Å². The summed E-state index contributed by atoms with van der Waals surface area (Å²) in [5.41, 5.74) is -0.530. The lowest BCUT2D eigenvalue weighted by Gasteiger charge is -2.26. The van der Waals surface area contributed by atoms with Gasteiger partial charge in [0.25, 0.3) is 5.69 Å². The SMILES string of the molecule is CC1OCCC1(O)CNCc1c(Cl)cccc1[N+](=O)[O-]. The molecule has 0 saturated carbocycles. The van der Waals surface area contributed by atoms with Crippen LogP contribution < -0.4 is 5.32 Å². The molecular formula is C13H17ClN2O4. The molecule has 110 valence electrons. The second kappa shape index (κ2) is 6.05. The predicted molar refractivity (Wildman–Crippen MR) is 74.8 cm³/mol. The van der Waals surface area contributed by atoms with E-state index in [2.05, 4.69) is 5.32 Å². The van der Waals surface area contributed by atoms with Crippen LogP contribution in [-0.4, -0.2) is 34.9 Å². The van der Waals surface area contributed by atoms with Gasteiger partial charge in [0.15, 0.2) is 0 Å². The Morgan fingerprint density at radius 2 is 2.40 bits per heavy atom. The number of halogens is 1. The molecule has 0 spiro atoms. The number of rotatable bonds is 5. The van der Waals surface area contributed by atoms with Crippen molar-refractivity contribution in [3.63, 3.8) is 0 Å². The summed E-state index contributed by atoms with van der Waals surface area (Å²) in [7, 11) is 0. The number of benzene rings is 1. The molecule has 2 rings (SSSR count). The van der Waals surface area contributed by atoms with E-state index in [1.807, 2.05) is 6.92 Å². The van der Waals surface area contributed by atoms with Crippen LogP contribution >= 0.6 is 11.6 Å². The maximum atomic E-state index is 11.0. The molecule has 1 fully saturated rings. The lowest BCUT2D eigenvalue weighted by Crippen LogP contribution is -2.45. The van der Waals surface area contributed by atoms with Gasteiger partial charge in [-0.05, 0) is 13.0 Å². The fourth-order valence-electron chi connectivity index (χ4n) is 2.30. The van der Waals surface area contributed by atoms with Gasteiger partial charge in [-0.15, -0.1) is 0 Å². The molecule has 0 radical (unpaired) electrons. The van der Waals surface area contributed by atoms with Crippen LogP contribution in [0.5, 0.6) is 0 Å². The van der Waals surface area contributed by atoms with E-state index in [1.54, 1.807) is 12.1 Å². The van der Waals surface area contributed by atoms with Gasteiger partial charge in [0.1, 0.15) is 5.60 Å². The van der Waals surface area contributed by atoms with E-state index in [9.17, 15) is 15.2 Å². The van der Waals surface area contributed by atoms with Gasteiger partial charge >= 0.3 is 0 Å². The van der Waals surface area contributed by atoms with Crippen molar-refractivity contribution in [1.29, 1.82) is 0 Å². The van der Waals surface area contributed by atoms with Crippen molar-refractivity contribution in [2.75, 3.05) is 13.2 Å². The van der Waals surface area contributed by atoms with E-state index >= 15 is 0 Å². The van der Waals surface area contributed by atoms with Crippen LogP contribution in [0.4, 0.5) is 5.69 Å².